The van der Waals surface area contributed by atoms with E-state index in [1.54, 1.807) is 48.5 Å². The molecule has 3 aromatic carbocycles. The van der Waals surface area contributed by atoms with Gasteiger partial charge < -0.3 is 10.1 Å². The average Bonchev–Trinajstić information content (AvgIpc) is 2.82. The Balaban J connectivity index is 1.54. The maximum atomic E-state index is 12.7. The third-order valence-corrected chi connectivity index (χ3v) is 7.09. The molecule has 0 aliphatic rings. The first-order valence-electron chi connectivity index (χ1n) is 11.6. The lowest BCUT2D eigenvalue weighted by atomic mass is 10.1. The van der Waals surface area contributed by atoms with Crippen LogP contribution in [0.5, 0.6) is 5.75 Å². The maximum Gasteiger partial charge on any atom is 0.261 e. The van der Waals surface area contributed by atoms with Crippen LogP contribution in [-0.4, -0.2) is 26.0 Å². The van der Waals surface area contributed by atoms with Crippen LogP contribution in [0, 0.1) is 19.8 Å². The summed E-state index contributed by atoms with van der Waals surface area (Å²) in [5.41, 5.74) is 3.56. The van der Waals surface area contributed by atoms with Crippen molar-refractivity contribution in [2.75, 3.05) is 16.6 Å². The predicted molar refractivity (Wildman–Crippen MR) is 148 cm³/mol. The van der Waals surface area contributed by atoms with Crippen LogP contribution in [-0.2, 0) is 10.0 Å². The molecule has 9 heteroatoms. The van der Waals surface area contributed by atoms with E-state index in [4.69, 9.17) is 17.0 Å². The second-order valence-corrected chi connectivity index (χ2v) is 11.0. The van der Waals surface area contributed by atoms with Gasteiger partial charge in [0, 0.05) is 16.9 Å². The standard InChI is InChI=1S/C27H31N3O4S2/c1-18(2)15-16-34-24-11-6-21(7-12-24)26(31)29-27(35)28-22-9-13-25(14-10-22)36(32,33)30-23-8-5-19(3)20(4)17-23/h5-14,17-18,30H,15-16H2,1-4H3,(H2,28,29,31,35). The molecule has 1 amide bonds. The molecular formula is C27H31N3O4S2. The zero-order valence-electron chi connectivity index (χ0n) is 20.8. The molecule has 0 saturated heterocycles. The SMILES string of the molecule is Cc1ccc(NS(=O)(=O)c2ccc(NC(=S)NC(=O)c3ccc(OCCC(C)C)cc3)cc2)cc1C. The normalized spacial score (nSPS) is 11.1. The van der Waals surface area contributed by atoms with Gasteiger partial charge in [0.2, 0.25) is 0 Å². The molecule has 0 radical (unpaired) electrons. The predicted octanol–water partition coefficient (Wildman–Crippen LogP) is 5.66. The Labute approximate surface area is 218 Å². The van der Waals surface area contributed by atoms with Gasteiger partial charge in [0.15, 0.2) is 5.11 Å². The number of sulfonamides is 1. The molecule has 36 heavy (non-hydrogen) atoms. The quantitative estimate of drug-likeness (QED) is 0.312. The molecule has 190 valence electrons. The second kappa shape index (κ2) is 12.0. The van der Waals surface area contributed by atoms with Crippen LogP contribution in [0.25, 0.3) is 0 Å². The van der Waals surface area contributed by atoms with Crippen LogP contribution in [0.15, 0.2) is 71.6 Å². The Kier molecular flexibility index (Phi) is 9.06. The fourth-order valence-electron chi connectivity index (χ4n) is 3.19. The highest BCUT2D eigenvalue weighted by molar-refractivity contribution is 7.92. The van der Waals surface area contributed by atoms with Crippen LogP contribution in [0.3, 0.4) is 0 Å². The fraction of sp³-hybridized carbons (Fsp3) is 0.259. The Morgan fingerprint density at radius 3 is 2.17 bits per heavy atom. The van der Waals surface area contributed by atoms with Crippen molar-refractivity contribution in [1.29, 1.82) is 0 Å². The molecule has 3 aromatic rings. The minimum absolute atomic E-state index is 0.0983. The summed E-state index contributed by atoms with van der Waals surface area (Å²) in [7, 11) is -3.75. The first-order chi connectivity index (χ1) is 17.0. The highest BCUT2D eigenvalue weighted by Gasteiger charge is 2.15. The summed E-state index contributed by atoms with van der Waals surface area (Å²) in [6, 6.07) is 18.3. The molecule has 3 rings (SSSR count). The van der Waals surface area contributed by atoms with Gasteiger partial charge in [-0.05, 0) is 110 Å². The number of ether oxygens (including phenoxy) is 1. The van der Waals surface area contributed by atoms with E-state index in [0.717, 1.165) is 17.5 Å². The van der Waals surface area contributed by atoms with Crippen molar-refractivity contribution in [1.82, 2.24) is 5.32 Å². The van der Waals surface area contributed by atoms with Crippen LogP contribution in [0.1, 0.15) is 41.8 Å². The number of aryl methyl sites for hydroxylation is 2. The van der Waals surface area contributed by atoms with Gasteiger partial charge in [0.25, 0.3) is 15.9 Å². The summed E-state index contributed by atoms with van der Waals surface area (Å²) in [4.78, 5) is 12.6. The summed E-state index contributed by atoms with van der Waals surface area (Å²) in [6.45, 7) is 8.78. The van der Waals surface area contributed by atoms with Gasteiger partial charge in [-0.1, -0.05) is 19.9 Å². The van der Waals surface area contributed by atoms with E-state index in [0.29, 0.717) is 35.2 Å². The molecule has 0 spiro atoms. The summed E-state index contributed by atoms with van der Waals surface area (Å²) in [5.74, 6) is 0.900. The number of amides is 1. The first-order valence-corrected chi connectivity index (χ1v) is 13.5. The lowest BCUT2D eigenvalue weighted by molar-refractivity contribution is 0.0977. The van der Waals surface area contributed by atoms with Gasteiger partial charge in [-0.15, -0.1) is 0 Å². The van der Waals surface area contributed by atoms with E-state index in [-0.39, 0.29) is 15.9 Å². The Hall–Kier alpha value is -3.43. The fourth-order valence-corrected chi connectivity index (χ4v) is 4.45. The van der Waals surface area contributed by atoms with Gasteiger partial charge in [-0.3, -0.25) is 14.8 Å². The Morgan fingerprint density at radius 2 is 1.56 bits per heavy atom. The second-order valence-electron chi connectivity index (χ2n) is 8.89. The zero-order valence-corrected chi connectivity index (χ0v) is 22.4. The lowest BCUT2D eigenvalue weighted by Crippen LogP contribution is -2.34. The van der Waals surface area contributed by atoms with Crippen LogP contribution in [0.4, 0.5) is 11.4 Å². The van der Waals surface area contributed by atoms with Crippen LogP contribution in [0.2, 0.25) is 0 Å². The molecule has 0 aromatic heterocycles. The molecule has 0 aliphatic carbocycles. The van der Waals surface area contributed by atoms with Gasteiger partial charge in [0.05, 0.1) is 11.5 Å². The van der Waals surface area contributed by atoms with Crippen molar-refractivity contribution in [3.63, 3.8) is 0 Å². The van der Waals surface area contributed by atoms with E-state index < -0.39 is 10.0 Å². The monoisotopic (exact) mass is 525 g/mol. The van der Waals surface area contributed by atoms with E-state index in [1.807, 2.05) is 19.9 Å². The van der Waals surface area contributed by atoms with Crippen molar-refractivity contribution < 1.29 is 17.9 Å². The number of thiocarbonyl (C=S) groups is 1. The molecule has 3 N–H and O–H groups in total. The van der Waals surface area contributed by atoms with E-state index in [1.165, 1.54) is 12.1 Å². The van der Waals surface area contributed by atoms with Crippen molar-refractivity contribution in [3.05, 3.63) is 83.4 Å². The maximum absolute atomic E-state index is 12.7. The first kappa shape index (κ1) is 27.2. The average molecular weight is 526 g/mol. The highest BCUT2D eigenvalue weighted by atomic mass is 32.2. The molecule has 0 heterocycles. The Bertz CT molecular complexity index is 1320. The number of hydrogen-bond acceptors (Lipinski definition) is 5. The summed E-state index contributed by atoms with van der Waals surface area (Å²) < 4.78 is 33.7. The number of rotatable bonds is 9. The third kappa shape index (κ3) is 7.79. The van der Waals surface area contributed by atoms with Gasteiger partial charge in [-0.2, -0.15) is 0 Å². The molecule has 0 saturated carbocycles. The van der Waals surface area contributed by atoms with E-state index in [9.17, 15) is 13.2 Å². The zero-order chi connectivity index (χ0) is 26.3. The van der Waals surface area contributed by atoms with Crippen molar-refractivity contribution in [3.8, 4) is 5.75 Å². The number of carbonyl (C=O) groups excluding carboxylic acids is 1. The van der Waals surface area contributed by atoms with Crippen LogP contribution >= 0.6 is 12.2 Å². The van der Waals surface area contributed by atoms with Crippen molar-refractivity contribution in [2.24, 2.45) is 5.92 Å². The number of nitrogens with one attached hydrogen (secondary N) is 3. The molecule has 0 aliphatic heterocycles. The molecule has 0 bridgehead atoms. The van der Waals surface area contributed by atoms with Crippen molar-refractivity contribution >= 4 is 44.6 Å². The topological polar surface area (TPSA) is 96.5 Å². The lowest BCUT2D eigenvalue weighted by Gasteiger charge is -2.12. The van der Waals surface area contributed by atoms with Gasteiger partial charge >= 0.3 is 0 Å². The van der Waals surface area contributed by atoms with Gasteiger partial charge in [-0.25, -0.2) is 8.42 Å². The largest absolute Gasteiger partial charge is 0.494 e. The number of carbonyl (C=O) groups is 1. The van der Waals surface area contributed by atoms with Gasteiger partial charge in [0.1, 0.15) is 5.75 Å². The molecule has 0 fully saturated rings. The number of hydrogen-bond donors (Lipinski definition) is 3. The van der Waals surface area contributed by atoms with Crippen LogP contribution < -0.4 is 20.1 Å². The molecule has 7 nitrogen and oxygen atoms in total. The minimum atomic E-state index is -3.75. The Morgan fingerprint density at radius 1 is 0.917 bits per heavy atom. The minimum Gasteiger partial charge on any atom is -0.494 e. The van der Waals surface area contributed by atoms with E-state index in [2.05, 4.69) is 29.2 Å². The smallest absolute Gasteiger partial charge is 0.261 e. The summed E-state index contributed by atoms with van der Waals surface area (Å²) in [5, 5.41) is 5.61. The molecule has 0 unspecified atom stereocenters. The highest BCUT2D eigenvalue weighted by Crippen LogP contribution is 2.20. The molecule has 0 atom stereocenters. The third-order valence-electron chi connectivity index (χ3n) is 5.49. The summed E-state index contributed by atoms with van der Waals surface area (Å²) >= 11 is 5.24. The molecular weight excluding hydrogens is 494 g/mol. The number of benzene rings is 3. The number of anilines is 2. The van der Waals surface area contributed by atoms with E-state index >= 15 is 0 Å². The van der Waals surface area contributed by atoms with Crippen molar-refractivity contribution in [2.45, 2.75) is 39.0 Å². The summed E-state index contributed by atoms with van der Waals surface area (Å²) in [6.07, 6.45) is 0.956.